The van der Waals surface area contributed by atoms with Crippen molar-refractivity contribution in [3.05, 3.63) is 65.9 Å². The fraction of sp³-hybridized carbons (Fsp3) is 0.208. The number of hydrogen-bond donors (Lipinski definition) is 0. The summed E-state index contributed by atoms with van der Waals surface area (Å²) in [6, 6.07) is 15.9. The van der Waals surface area contributed by atoms with Crippen LogP contribution in [0.4, 0.5) is 0 Å². The Hall–Kier alpha value is -3.67. The molecule has 0 aliphatic heterocycles. The van der Waals surface area contributed by atoms with Gasteiger partial charge in [0.05, 0.1) is 30.5 Å². The van der Waals surface area contributed by atoms with E-state index in [0.717, 1.165) is 5.39 Å². The van der Waals surface area contributed by atoms with Gasteiger partial charge in [0, 0.05) is 5.39 Å². The summed E-state index contributed by atoms with van der Waals surface area (Å²) in [7, 11) is 1.52. The SMILES string of the molecule is COc1cc(/C=C(\C(=O)C(=O)[O-])c2ccc3ccccc3n2)ccc1OCC(C)C. The Kier molecular flexibility index (Phi) is 6.47. The molecular weight excluding hydrogens is 382 g/mol. The highest BCUT2D eigenvalue weighted by Gasteiger charge is 2.16. The minimum Gasteiger partial charge on any atom is -0.541 e. The van der Waals surface area contributed by atoms with E-state index < -0.39 is 11.8 Å². The predicted octanol–water partition coefficient (Wildman–Crippen LogP) is 3.14. The summed E-state index contributed by atoms with van der Waals surface area (Å²) in [5.74, 6) is -1.53. The third-order valence-corrected chi connectivity index (χ3v) is 4.38. The highest BCUT2D eigenvalue weighted by Crippen LogP contribution is 2.30. The Bertz CT molecular complexity index is 1120. The van der Waals surface area contributed by atoms with Gasteiger partial charge in [0.1, 0.15) is 5.97 Å². The molecule has 0 radical (unpaired) electrons. The molecule has 3 rings (SSSR count). The molecule has 0 saturated heterocycles. The summed E-state index contributed by atoms with van der Waals surface area (Å²) in [5.41, 5.74) is 1.41. The van der Waals surface area contributed by atoms with Crippen LogP contribution < -0.4 is 14.6 Å². The molecule has 1 heterocycles. The Morgan fingerprint density at radius 3 is 2.53 bits per heavy atom. The molecule has 3 aromatic rings. The van der Waals surface area contributed by atoms with Crippen LogP contribution in [0.5, 0.6) is 11.5 Å². The number of ketones is 1. The van der Waals surface area contributed by atoms with Crippen molar-refractivity contribution in [3.63, 3.8) is 0 Å². The molecule has 0 N–H and O–H groups in total. The lowest BCUT2D eigenvalue weighted by Crippen LogP contribution is -2.32. The number of methoxy groups -OCH3 is 1. The Balaban J connectivity index is 2.05. The minimum absolute atomic E-state index is 0.0707. The summed E-state index contributed by atoms with van der Waals surface area (Å²) < 4.78 is 11.1. The van der Waals surface area contributed by atoms with Crippen LogP contribution in [-0.4, -0.2) is 30.5 Å². The van der Waals surface area contributed by atoms with E-state index in [2.05, 4.69) is 4.98 Å². The molecule has 0 spiro atoms. The molecule has 30 heavy (non-hydrogen) atoms. The van der Waals surface area contributed by atoms with Crippen molar-refractivity contribution in [2.45, 2.75) is 13.8 Å². The largest absolute Gasteiger partial charge is 0.541 e. The number of rotatable bonds is 8. The number of aromatic nitrogens is 1. The van der Waals surface area contributed by atoms with Crippen molar-refractivity contribution < 1.29 is 24.2 Å². The molecular formula is C24H22NO5-. The predicted molar refractivity (Wildman–Crippen MR) is 113 cm³/mol. The summed E-state index contributed by atoms with van der Waals surface area (Å²) in [6.07, 6.45) is 1.46. The Morgan fingerprint density at radius 1 is 1.07 bits per heavy atom. The normalized spacial score (nSPS) is 11.5. The Labute approximate surface area is 174 Å². The molecule has 0 amide bonds. The molecule has 0 unspecified atom stereocenters. The second kappa shape index (κ2) is 9.22. The quantitative estimate of drug-likeness (QED) is 0.423. The average molecular weight is 404 g/mol. The van der Waals surface area contributed by atoms with Gasteiger partial charge in [-0.1, -0.05) is 44.2 Å². The van der Waals surface area contributed by atoms with Crippen LogP contribution in [0.25, 0.3) is 22.6 Å². The lowest BCUT2D eigenvalue weighted by Gasteiger charge is -2.13. The van der Waals surface area contributed by atoms with E-state index in [-0.39, 0.29) is 11.3 Å². The molecule has 0 aliphatic rings. The Morgan fingerprint density at radius 2 is 1.83 bits per heavy atom. The van der Waals surface area contributed by atoms with Gasteiger partial charge in [0.2, 0.25) is 5.78 Å². The van der Waals surface area contributed by atoms with E-state index in [0.29, 0.717) is 35.1 Å². The van der Waals surface area contributed by atoms with Gasteiger partial charge in [0.15, 0.2) is 11.5 Å². The van der Waals surface area contributed by atoms with E-state index in [9.17, 15) is 14.7 Å². The van der Waals surface area contributed by atoms with Crippen LogP contribution in [0.15, 0.2) is 54.6 Å². The second-order valence-electron chi connectivity index (χ2n) is 7.18. The number of ether oxygens (including phenoxy) is 2. The first-order valence-corrected chi connectivity index (χ1v) is 9.53. The molecule has 0 saturated carbocycles. The molecule has 0 bridgehead atoms. The monoisotopic (exact) mass is 404 g/mol. The maximum atomic E-state index is 12.4. The number of para-hydroxylation sites is 1. The molecule has 0 fully saturated rings. The summed E-state index contributed by atoms with van der Waals surface area (Å²) in [4.78, 5) is 28.1. The minimum atomic E-state index is -1.79. The van der Waals surface area contributed by atoms with E-state index in [4.69, 9.17) is 9.47 Å². The zero-order chi connectivity index (χ0) is 21.7. The highest BCUT2D eigenvalue weighted by molar-refractivity contribution is 6.52. The highest BCUT2D eigenvalue weighted by atomic mass is 16.5. The molecule has 2 aromatic carbocycles. The standard InChI is InChI=1S/C24H23NO5/c1-15(2)14-30-21-11-8-16(13-22(21)29-3)12-18(23(26)24(27)28)20-10-9-17-6-4-5-7-19(17)25-20/h4-13,15H,14H2,1-3H3,(H,27,28)/p-1/b18-12-. The summed E-state index contributed by atoms with van der Waals surface area (Å²) in [5, 5.41) is 12.2. The fourth-order valence-corrected chi connectivity index (χ4v) is 2.90. The van der Waals surface area contributed by atoms with Crippen molar-refractivity contribution in [2.75, 3.05) is 13.7 Å². The van der Waals surface area contributed by atoms with Crippen LogP contribution >= 0.6 is 0 Å². The molecule has 154 valence electrons. The fourth-order valence-electron chi connectivity index (χ4n) is 2.90. The topological polar surface area (TPSA) is 88.6 Å². The maximum Gasteiger partial charge on any atom is 0.210 e. The maximum absolute atomic E-state index is 12.4. The number of aliphatic carboxylic acids is 1. The molecule has 0 aliphatic carbocycles. The molecule has 1 aromatic heterocycles. The van der Waals surface area contributed by atoms with Gasteiger partial charge < -0.3 is 19.4 Å². The van der Waals surface area contributed by atoms with Crippen molar-refractivity contribution in [1.29, 1.82) is 0 Å². The van der Waals surface area contributed by atoms with Gasteiger partial charge in [-0.05, 0) is 41.8 Å². The number of carbonyl (C=O) groups excluding carboxylic acids is 2. The molecule has 0 atom stereocenters. The lowest BCUT2D eigenvalue weighted by atomic mass is 10.0. The van der Waals surface area contributed by atoms with Gasteiger partial charge >= 0.3 is 0 Å². The zero-order valence-corrected chi connectivity index (χ0v) is 17.0. The van der Waals surface area contributed by atoms with Crippen LogP contribution in [0.3, 0.4) is 0 Å². The number of pyridine rings is 1. The molecule has 6 nitrogen and oxygen atoms in total. The van der Waals surface area contributed by atoms with Gasteiger partial charge in [-0.3, -0.25) is 4.79 Å². The van der Waals surface area contributed by atoms with Crippen molar-refractivity contribution >= 4 is 34.3 Å². The molecule has 6 heteroatoms. The van der Waals surface area contributed by atoms with Gasteiger partial charge in [-0.25, -0.2) is 4.98 Å². The van der Waals surface area contributed by atoms with Gasteiger partial charge in [-0.2, -0.15) is 0 Å². The van der Waals surface area contributed by atoms with Crippen molar-refractivity contribution in [3.8, 4) is 11.5 Å². The average Bonchev–Trinajstić information content (AvgIpc) is 2.75. The lowest BCUT2D eigenvalue weighted by molar-refractivity contribution is -0.299. The number of benzene rings is 2. The third-order valence-electron chi connectivity index (χ3n) is 4.38. The number of carboxylic acid groups (broad SMARTS) is 1. The smallest absolute Gasteiger partial charge is 0.210 e. The van der Waals surface area contributed by atoms with E-state index in [1.165, 1.54) is 13.2 Å². The number of hydrogen-bond acceptors (Lipinski definition) is 6. The van der Waals surface area contributed by atoms with Crippen molar-refractivity contribution in [2.24, 2.45) is 5.92 Å². The van der Waals surface area contributed by atoms with E-state index in [1.54, 1.807) is 36.4 Å². The van der Waals surface area contributed by atoms with E-state index in [1.807, 2.05) is 32.0 Å². The number of carboxylic acids is 1. The first-order valence-electron chi connectivity index (χ1n) is 9.53. The number of nitrogens with zero attached hydrogens (tertiary/aromatic N) is 1. The van der Waals surface area contributed by atoms with Crippen LogP contribution in [-0.2, 0) is 9.59 Å². The zero-order valence-electron chi connectivity index (χ0n) is 17.0. The summed E-state index contributed by atoms with van der Waals surface area (Å²) >= 11 is 0. The second-order valence-corrected chi connectivity index (χ2v) is 7.18. The van der Waals surface area contributed by atoms with Crippen LogP contribution in [0, 0.1) is 5.92 Å². The van der Waals surface area contributed by atoms with Crippen LogP contribution in [0.1, 0.15) is 25.1 Å². The first kappa shape index (κ1) is 21.0. The number of fused-ring (bicyclic) bond motifs is 1. The van der Waals surface area contributed by atoms with Crippen molar-refractivity contribution in [1.82, 2.24) is 4.98 Å². The first-order chi connectivity index (χ1) is 14.4. The summed E-state index contributed by atoms with van der Waals surface area (Å²) in [6.45, 7) is 4.61. The van der Waals surface area contributed by atoms with E-state index >= 15 is 0 Å². The van der Waals surface area contributed by atoms with Crippen LogP contribution in [0.2, 0.25) is 0 Å². The third kappa shape index (κ3) is 4.84. The number of Topliss-reactive ketones (excluding diaryl/α,β-unsaturated/α-hetero) is 1. The van der Waals surface area contributed by atoms with Gasteiger partial charge in [0.25, 0.3) is 0 Å². The van der Waals surface area contributed by atoms with Gasteiger partial charge in [-0.15, -0.1) is 0 Å². The number of carbonyl (C=O) groups is 2.